The molecule has 5 heteroatoms. The Labute approximate surface area is 209 Å². The van der Waals surface area contributed by atoms with Crippen molar-refractivity contribution in [3.05, 3.63) is 125 Å². The van der Waals surface area contributed by atoms with Crippen LogP contribution in [0.3, 0.4) is 0 Å². The summed E-state index contributed by atoms with van der Waals surface area (Å²) in [6, 6.07) is 33.0. The molecule has 1 spiro atoms. The molecule has 0 bridgehead atoms. The van der Waals surface area contributed by atoms with Gasteiger partial charge in [0.25, 0.3) is 5.91 Å². The molecule has 1 N–H and O–H groups in total. The quantitative estimate of drug-likeness (QED) is 0.308. The number of amides is 1. The van der Waals surface area contributed by atoms with Gasteiger partial charge in [0.15, 0.2) is 0 Å². The average Bonchev–Trinajstić information content (AvgIpc) is 3.40. The van der Waals surface area contributed by atoms with Gasteiger partial charge in [-0.2, -0.15) is 0 Å². The molecule has 3 aliphatic rings. The van der Waals surface area contributed by atoms with E-state index in [-0.39, 0.29) is 17.9 Å². The van der Waals surface area contributed by atoms with E-state index in [1.807, 2.05) is 110 Å². The normalized spacial score (nSPS) is 25.9. The van der Waals surface area contributed by atoms with Crippen molar-refractivity contribution < 1.29 is 14.3 Å². The van der Waals surface area contributed by atoms with E-state index in [0.717, 1.165) is 33.6 Å². The molecule has 1 fully saturated rings. The molecule has 1 saturated heterocycles. The number of nitrogens with zero attached hydrogens (tertiary/aromatic N) is 1. The highest BCUT2D eigenvalue weighted by molar-refractivity contribution is 6.14. The van der Waals surface area contributed by atoms with Crippen molar-refractivity contribution >= 4 is 23.3 Å². The van der Waals surface area contributed by atoms with Gasteiger partial charge in [-0.3, -0.25) is 19.8 Å². The Hall–Kier alpha value is -4.22. The van der Waals surface area contributed by atoms with E-state index in [0.29, 0.717) is 5.75 Å². The van der Waals surface area contributed by atoms with E-state index in [1.54, 1.807) is 4.90 Å². The highest BCUT2D eigenvalue weighted by Gasteiger charge is 2.67. The fourth-order valence-electron chi connectivity index (χ4n) is 6.33. The highest BCUT2D eigenvalue weighted by atomic mass is 16.5. The van der Waals surface area contributed by atoms with Gasteiger partial charge in [-0.25, -0.2) is 0 Å². The van der Waals surface area contributed by atoms with Crippen LogP contribution in [0, 0.1) is 12.8 Å². The number of carbonyl (C=O) groups excluding carboxylic acids is 2. The summed E-state index contributed by atoms with van der Waals surface area (Å²) in [6.45, 7) is 2.04. The summed E-state index contributed by atoms with van der Waals surface area (Å²) in [6.07, 6.45) is 0. The van der Waals surface area contributed by atoms with Crippen LogP contribution in [0.5, 0.6) is 5.75 Å². The number of aryl methyl sites for hydroxylation is 1. The van der Waals surface area contributed by atoms with Crippen LogP contribution in [0.4, 0.5) is 11.4 Å². The van der Waals surface area contributed by atoms with Gasteiger partial charge in [0.1, 0.15) is 11.3 Å². The van der Waals surface area contributed by atoms with E-state index in [4.69, 9.17) is 4.74 Å². The first kappa shape index (κ1) is 21.1. The maximum Gasteiger partial charge on any atom is 0.317 e. The SMILES string of the molecule is Cc1ccc([C@H]2N[C@]3(C(=O)N(c4ccccc4)c4ccccc43)[C@@H]3c4ccccc4OC(=O)[C@H]23)cc1. The Morgan fingerprint density at radius 3 is 2.31 bits per heavy atom. The third-order valence-corrected chi connectivity index (χ3v) is 7.87. The van der Waals surface area contributed by atoms with Gasteiger partial charge in [-0.05, 0) is 36.8 Å². The van der Waals surface area contributed by atoms with Crippen molar-refractivity contribution in [2.45, 2.75) is 24.4 Å². The second-order valence-corrected chi connectivity index (χ2v) is 9.80. The van der Waals surface area contributed by atoms with E-state index in [1.165, 1.54) is 0 Å². The zero-order valence-corrected chi connectivity index (χ0v) is 19.7. The molecule has 4 aromatic rings. The highest BCUT2D eigenvalue weighted by Crippen LogP contribution is 2.62. The Morgan fingerprint density at radius 2 is 1.50 bits per heavy atom. The molecule has 0 unspecified atom stereocenters. The van der Waals surface area contributed by atoms with Crippen LogP contribution in [0.25, 0.3) is 0 Å². The first-order valence-electron chi connectivity index (χ1n) is 12.2. The molecule has 4 atom stereocenters. The summed E-state index contributed by atoms with van der Waals surface area (Å²) in [5, 5.41) is 3.73. The minimum Gasteiger partial charge on any atom is -0.426 e. The molecule has 4 aromatic carbocycles. The van der Waals surface area contributed by atoms with Gasteiger partial charge >= 0.3 is 5.97 Å². The zero-order valence-electron chi connectivity index (χ0n) is 19.7. The summed E-state index contributed by atoms with van der Waals surface area (Å²) >= 11 is 0. The molecule has 7 rings (SSSR count). The summed E-state index contributed by atoms with van der Waals surface area (Å²) in [4.78, 5) is 30.1. The molecule has 0 saturated carbocycles. The Bertz CT molecular complexity index is 1510. The van der Waals surface area contributed by atoms with Crippen LogP contribution in [0.15, 0.2) is 103 Å². The molecule has 3 aliphatic heterocycles. The van der Waals surface area contributed by atoms with E-state index < -0.39 is 17.4 Å². The number of para-hydroxylation sites is 3. The minimum atomic E-state index is -1.12. The maximum absolute atomic E-state index is 14.7. The van der Waals surface area contributed by atoms with Crippen LogP contribution < -0.4 is 15.0 Å². The Balaban J connectivity index is 1.50. The van der Waals surface area contributed by atoms with E-state index >= 15 is 0 Å². The first-order chi connectivity index (χ1) is 17.6. The second-order valence-electron chi connectivity index (χ2n) is 9.80. The third-order valence-electron chi connectivity index (χ3n) is 7.87. The first-order valence-corrected chi connectivity index (χ1v) is 12.2. The summed E-state index contributed by atoms with van der Waals surface area (Å²) < 4.78 is 5.85. The van der Waals surface area contributed by atoms with Gasteiger partial charge in [0, 0.05) is 28.8 Å². The second kappa shape index (κ2) is 7.64. The van der Waals surface area contributed by atoms with Gasteiger partial charge in [0.2, 0.25) is 0 Å². The fourth-order valence-corrected chi connectivity index (χ4v) is 6.33. The molecule has 0 radical (unpaired) electrons. The van der Waals surface area contributed by atoms with E-state index in [9.17, 15) is 9.59 Å². The number of hydrogen-bond donors (Lipinski definition) is 1. The molecule has 176 valence electrons. The largest absolute Gasteiger partial charge is 0.426 e. The predicted molar refractivity (Wildman–Crippen MR) is 137 cm³/mol. The van der Waals surface area contributed by atoms with Gasteiger partial charge in [-0.15, -0.1) is 0 Å². The van der Waals surface area contributed by atoms with Gasteiger partial charge < -0.3 is 4.74 Å². The summed E-state index contributed by atoms with van der Waals surface area (Å²) in [5.41, 5.74) is 4.37. The van der Waals surface area contributed by atoms with Crippen LogP contribution in [-0.4, -0.2) is 11.9 Å². The minimum absolute atomic E-state index is 0.0796. The predicted octanol–water partition coefficient (Wildman–Crippen LogP) is 5.53. The number of fused-ring (bicyclic) bond motifs is 6. The van der Waals surface area contributed by atoms with Crippen LogP contribution >= 0.6 is 0 Å². The molecular formula is C31H24N2O3. The molecule has 5 nitrogen and oxygen atoms in total. The van der Waals surface area contributed by atoms with Crippen molar-refractivity contribution in [2.75, 3.05) is 4.90 Å². The fraction of sp³-hybridized carbons (Fsp3) is 0.161. The zero-order chi connectivity index (χ0) is 24.4. The summed E-state index contributed by atoms with van der Waals surface area (Å²) in [7, 11) is 0. The van der Waals surface area contributed by atoms with Crippen molar-refractivity contribution in [1.29, 1.82) is 0 Å². The number of ether oxygens (including phenoxy) is 1. The third kappa shape index (κ3) is 2.75. The average molecular weight is 473 g/mol. The Kier molecular flexibility index (Phi) is 4.48. The van der Waals surface area contributed by atoms with Gasteiger partial charge in [0.05, 0.1) is 11.6 Å². The number of carbonyl (C=O) groups is 2. The molecule has 0 aromatic heterocycles. The lowest BCUT2D eigenvalue weighted by Crippen LogP contribution is -2.50. The molecule has 3 heterocycles. The van der Waals surface area contributed by atoms with Crippen LogP contribution in [-0.2, 0) is 15.1 Å². The lowest BCUT2D eigenvalue weighted by Gasteiger charge is -2.35. The monoisotopic (exact) mass is 472 g/mol. The topological polar surface area (TPSA) is 58.6 Å². The van der Waals surface area contributed by atoms with Crippen molar-refractivity contribution in [2.24, 2.45) is 5.92 Å². The number of esters is 1. The van der Waals surface area contributed by atoms with Crippen LogP contribution in [0.1, 0.15) is 34.2 Å². The number of hydrogen-bond acceptors (Lipinski definition) is 4. The molecular weight excluding hydrogens is 448 g/mol. The van der Waals surface area contributed by atoms with Crippen molar-refractivity contribution in [3.8, 4) is 5.75 Å². The number of benzene rings is 4. The number of rotatable bonds is 2. The van der Waals surface area contributed by atoms with Crippen LogP contribution in [0.2, 0.25) is 0 Å². The number of anilines is 2. The van der Waals surface area contributed by atoms with Crippen molar-refractivity contribution in [1.82, 2.24) is 5.32 Å². The molecule has 36 heavy (non-hydrogen) atoms. The lowest BCUT2D eigenvalue weighted by molar-refractivity contribution is -0.141. The number of nitrogens with one attached hydrogen (secondary N) is 1. The maximum atomic E-state index is 14.7. The summed E-state index contributed by atoms with van der Waals surface area (Å²) in [5.74, 6) is -0.849. The molecule has 0 aliphatic carbocycles. The Morgan fingerprint density at radius 1 is 0.806 bits per heavy atom. The standard InChI is InChI=1S/C31H24N2O3/c1-19-15-17-20(18-16-19)28-26-27(22-11-5-8-14-25(22)36-29(26)34)31(32-28)23-12-6-7-13-24(23)33(30(31)35)21-9-3-2-4-10-21/h2-18,26-28,32H,1H3/t26-,27+,28+,31-/m0/s1. The molecule has 1 amide bonds. The van der Waals surface area contributed by atoms with E-state index in [2.05, 4.69) is 5.32 Å². The van der Waals surface area contributed by atoms with Gasteiger partial charge in [-0.1, -0.05) is 84.4 Å². The van der Waals surface area contributed by atoms with Crippen molar-refractivity contribution in [3.63, 3.8) is 0 Å². The smallest absolute Gasteiger partial charge is 0.317 e. The lowest BCUT2D eigenvalue weighted by atomic mass is 9.70.